The van der Waals surface area contributed by atoms with Gasteiger partial charge in [0, 0.05) is 41.2 Å². The predicted molar refractivity (Wildman–Crippen MR) is 132 cm³/mol. The Morgan fingerprint density at radius 1 is 0.939 bits per heavy atom. The van der Waals surface area contributed by atoms with E-state index in [1.165, 1.54) is 0 Å². The van der Waals surface area contributed by atoms with Crippen LogP contribution in [0.15, 0.2) is 72.8 Å². The van der Waals surface area contributed by atoms with Gasteiger partial charge in [0.2, 0.25) is 5.91 Å². The average Bonchev–Trinajstić information content (AvgIpc) is 3.39. The zero-order chi connectivity index (χ0) is 22.8. The highest BCUT2D eigenvalue weighted by Gasteiger charge is 2.34. The molecule has 1 saturated heterocycles. The molecule has 0 saturated carbocycles. The van der Waals surface area contributed by atoms with E-state index in [9.17, 15) is 4.79 Å². The lowest BCUT2D eigenvalue weighted by Gasteiger charge is -2.17. The van der Waals surface area contributed by atoms with Crippen molar-refractivity contribution in [1.82, 2.24) is 9.55 Å². The van der Waals surface area contributed by atoms with Crippen molar-refractivity contribution in [2.75, 3.05) is 18.1 Å². The smallest absolute Gasteiger partial charge is 0.227 e. The van der Waals surface area contributed by atoms with Gasteiger partial charge in [-0.15, -0.1) is 0 Å². The predicted octanol–water partition coefficient (Wildman–Crippen LogP) is 6.33. The van der Waals surface area contributed by atoms with Gasteiger partial charge in [-0.05, 0) is 67.1 Å². The number of hydrogen-bond donors (Lipinski definition) is 0. The summed E-state index contributed by atoms with van der Waals surface area (Å²) in [7, 11) is 0. The van der Waals surface area contributed by atoms with E-state index in [0.717, 1.165) is 41.3 Å². The number of benzene rings is 3. The molecule has 1 aromatic heterocycles. The second-order valence-corrected chi connectivity index (χ2v) is 9.02. The third-order valence-electron chi connectivity index (χ3n) is 5.92. The van der Waals surface area contributed by atoms with Crippen LogP contribution in [0.25, 0.3) is 11.0 Å². The third kappa shape index (κ3) is 4.70. The fourth-order valence-electron chi connectivity index (χ4n) is 4.34. The van der Waals surface area contributed by atoms with E-state index in [2.05, 4.69) is 10.6 Å². The van der Waals surface area contributed by atoms with E-state index in [-0.39, 0.29) is 11.8 Å². The van der Waals surface area contributed by atoms with E-state index in [1.54, 1.807) is 0 Å². The van der Waals surface area contributed by atoms with Crippen molar-refractivity contribution < 1.29 is 9.53 Å². The number of carbonyl (C=O) groups is 1. The molecular weight excluding hydrogens is 457 g/mol. The van der Waals surface area contributed by atoms with Gasteiger partial charge in [0.25, 0.3) is 0 Å². The second-order valence-electron chi connectivity index (χ2n) is 8.15. The lowest BCUT2D eigenvalue weighted by Crippen LogP contribution is -2.24. The molecular formula is C26H23Cl2N3O2. The van der Waals surface area contributed by atoms with Crippen LogP contribution in [0.3, 0.4) is 0 Å². The first-order valence-corrected chi connectivity index (χ1v) is 11.7. The summed E-state index contributed by atoms with van der Waals surface area (Å²) in [6, 6.07) is 22.9. The monoisotopic (exact) mass is 479 g/mol. The first kappa shape index (κ1) is 21.8. The van der Waals surface area contributed by atoms with Gasteiger partial charge >= 0.3 is 0 Å². The van der Waals surface area contributed by atoms with Crippen LogP contribution in [0.1, 0.15) is 24.6 Å². The summed E-state index contributed by atoms with van der Waals surface area (Å²) in [5.41, 5.74) is 2.89. The third-order valence-corrected chi connectivity index (χ3v) is 6.42. The van der Waals surface area contributed by atoms with Crippen LogP contribution in [0.5, 0.6) is 5.75 Å². The average molecular weight is 480 g/mol. The standard InChI is InChI=1S/C26H23Cl2N3O2/c27-19-6-10-21(11-7-19)31-17-18(16-25(31)32)26-29-23-4-1-2-5-24(23)30(26)14-3-15-33-22-12-8-20(28)9-13-22/h1-2,4-13,18H,3,14-17H2. The van der Waals surface area contributed by atoms with Gasteiger partial charge < -0.3 is 14.2 Å². The van der Waals surface area contributed by atoms with Crippen LogP contribution in [-0.4, -0.2) is 28.6 Å². The number of anilines is 1. The number of fused-ring (bicyclic) bond motifs is 1. The number of para-hydroxylation sites is 2. The Labute approximate surface area is 202 Å². The molecule has 0 N–H and O–H groups in total. The number of halogens is 2. The largest absolute Gasteiger partial charge is 0.494 e. The van der Waals surface area contributed by atoms with Gasteiger partial charge in [-0.3, -0.25) is 4.79 Å². The summed E-state index contributed by atoms with van der Waals surface area (Å²) in [6.07, 6.45) is 1.25. The Bertz CT molecular complexity index is 1270. The maximum absolute atomic E-state index is 12.8. The zero-order valence-electron chi connectivity index (χ0n) is 18.0. The molecule has 4 aromatic rings. The maximum Gasteiger partial charge on any atom is 0.227 e. The van der Waals surface area contributed by atoms with Crippen LogP contribution in [0, 0.1) is 0 Å². The topological polar surface area (TPSA) is 47.4 Å². The number of imidazole rings is 1. The molecule has 0 bridgehead atoms. The van der Waals surface area contributed by atoms with Gasteiger partial charge in [-0.1, -0.05) is 35.3 Å². The summed E-state index contributed by atoms with van der Waals surface area (Å²) >= 11 is 12.0. The number of hydrogen-bond acceptors (Lipinski definition) is 3. The summed E-state index contributed by atoms with van der Waals surface area (Å²) < 4.78 is 8.11. The second kappa shape index (κ2) is 9.46. The lowest BCUT2D eigenvalue weighted by atomic mass is 10.1. The lowest BCUT2D eigenvalue weighted by molar-refractivity contribution is -0.117. The van der Waals surface area contributed by atoms with Gasteiger partial charge in [-0.25, -0.2) is 4.98 Å². The van der Waals surface area contributed by atoms with Crippen molar-refractivity contribution >= 4 is 45.8 Å². The number of ether oxygens (including phenoxy) is 1. The summed E-state index contributed by atoms with van der Waals surface area (Å²) in [5, 5.41) is 1.35. The number of rotatable bonds is 7. The Kier molecular flexibility index (Phi) is 6.25. The summed E-state index contributed by atoms with van der Waals surface area (Å²) in [4.78, 5) is 19.6. The molecule has 1 aliphatic heterocycles. The minimum atomic E-state index is 0.0257. The molecule has 1 aliphatic rings. The fraction of sp³-hybridized carbons (Fsp3) is 0.231. The van der Waals surface area contributed by atoms with E-state index in [1.807, 2.05) is 71.6 Å². The molecule has 0 aliphatic carbocycles. The van der Waals surface area contributed by atoms with E-state index < -0.39 is 0 Å². The maximum atomic E-state index is 12.8. The minimum absolute atomic E-state index is 0.0257. The molecule has 1 atom stereocenters. The van der Waals surface area contributed by atoms with Crippen LogP contribution in [0.4, 0.5) is 5.69 Å². The van der Waals surface area contributed by atoms with Crippen LogP contribution < -0.4 is 9.64 Å². The Morgan fingerprint density at radius 3 is 2.39 bits per heavy atom. The molecule has 1 fully saturated rings. The highest BCUT2D eigenvalue weighted by atomic mass is 35.5. The van der Waals surface area contributed by atoms with Crippen molar-refractivity contribution in [1.29, 1.82) is 0 Å². The van der Waals surface area contributed by atoms with E-state index in [4.69, 9.17) is 32.9 Å². The SMILES string of the molecule is O=C1CC(c2nc3ccccc3n2CCCOc2ccc(Cl)cc2)CN1c1ccc(Cl)cc1. The first-order chi connectivity index (χ1) is 16.1. The quantitative estimate of drug-likeness (QED) is 0.291. The fourth-order valence-corrected chi connectivity index (χ4v) is 4.59. The van der Waals surface area contributed by atoms with Crippen molar-refractivity contribution in [2.24, 2.45) is 0 Å². The van der Waals surface area contributed by atoms with Crippen molar-refractivity contribution in [3.8, 4) is 5.75 Å². The van der Waals surface area contributed by atoms with Crippen molar-refractivity contribution in [3.63, 3.8) is 0 Å². The molecule has 5 rings (SSSR count). The van der Waals surface area contributed by atoms with Crippen molar-refractivity contribution in [2.45, 2.75) is 25.3 Å². The summed E-state index contributed by atoms with van der Waals surface area (Å²) in [6.45, 7) is 1.94. The van der Waals surface area contributed by atoms with E-state index in [0.29, 0.717) is 29.6 Å². The molecule has 1 amide bonds. The Hall–Kier alpha value is -3.02. The molecule has 0 radical (unpaired) electrons. The van der Waals surface area contributed by atoms with Gasteiger partial charge in [0.1, 0.15) is 11.6 Å². The Morgan fingerprint density at radius 2 is 1.64 bits per heavy atom. The van der Waals surface area contributed by atoms with E-state index >= 15 is 0 Å². The van der Waals surface area contributed by atoms with Gasteiger partial charge in [0.15, 0.2) is 0 Å². The van der Waals surface area contributed by atoms with Crippen molar-refractivity contribution in [3.05, 3.63) is 88.7 Å². The van der Waals surface area contributed by atoms with Crippen LogP contribution >= 0.6 is 23.2 Å². The molecule has 7 heteroatoms. The highest BCUT2D eigenvalue weighted by molar-refractivity contribution is 6.30. The molecule has 0 spiro atoms. The van der Waals surface area contributed by atoms with Gasteiger partial charge in [0.05, 0.1) is 17.6 Å². The molecule has 5 nitrogen and oxygen atoms in total. The van der Waals surface area contributed by atoms with Crippen LogP contribution in [-0.2, 0) is 11.3 Å². The highest BCUT2D eigenvalue weighted by Crippen LogP contribution is 2.33. The Balaban J connectivity index is 1.34. The number of carbonyl (C=O) groups excluding carboxylic acids is 1. The minimum Gasteiger partial charge on any atom is -0.494 e. The number of amides is 1. The number of nitrogens with zero attached hydrogens (tertiary/aromatic N) is 3. The molecule has 168 valence electrons. The normalized spacial score (nSPS) is 16.0. The number of aryl methyl sites for hydroxylation is 1. The molecule has 2 heterocycles. The first-order valence-electron chi connectivity index (χ1n) is 11.0. The zero-order valence-corrected chi connectivity index (χ0v) is 19.5. The molecule has 33 heavy (non-hydrogen) atoms. The number of aromatic nitrogens is 2. The van der Waals surface area contributed by atoms with Gasteiger partial charge in [-0.2, -0.15) is 0 Å². The summed E-state index contributed by atoms with van der Waals surface area (Å²) in [5.74, 6) is 1.88. The molecule has 1 unspecified atom stereocenters. The van der Waals surface area contributed by atoms with Crippen LogP contribution in [0.2, 0.25) is 10.0 Å². The molecule has 3 aromatic carbocycles.